The van der Waals surface area contributed by atoms with Crippen molar-refractivity contribution >= 4 is 17.7 Å². The van der Waals surface area contributed by atoms with Gasteiger partial charge in [0.05, 0.1) is 12.6 Å². The van der Waals surface area contributed by atoms with E-state index in [1.54, 1.807) is 0 Å². The lowest BCUT2D eigenvalue weighted by molar-refractivity contribution is -0.122. The highest BCUT2D eigenvalue weighted by atomic mass is 32.2. The molecule has 3 unspecified atom stereocenters. The van der Waals surface area contributed by atoms with Crippen LogP contribution < -0.4 is 5.32 Å². The Balaban J connectivity index is 1.54. The van der Waals surface area contributed by atoms with Crippen molar-refractivity contribution in [3.63, 3.8) is 0 Å². The summed E-state index contributed by atoms with van der Waals surface area (Å²) in [7, 11) is 2.05. The zero-order chi connectivity index (χ0) is 15.1. The number of thioether (sulfide) groups is 1. The second-order valence-corrected chi connectivity index (χ2v) is 7.69. The third-order valence-electron chi connectivity index (χ3n) is 4.86. The first kappa shape index (κ1) is 17.1. The molecule has 4 nitrogen and oxygen atoms in total. The third kappa shape index (κ3) is 5.80. The molecule has 1 heterocycles. The highest BCUT2D eigenvalue weighted by Gasteiger charge is 2.23. The Morgan fingerprint density at radius 3 is 2.86 bits per heavy atom. The van der Waals surface area contributed by atoms with Crippen LogP contribution in [0.2, 0.25) is 0 Å². The SMILES string of the molecule is CN(CC(=O)NCCCC1CCCCC1O)C1CCSC1. The summed E-state index contributed by atoms with van der Waals surface area (Å²) in [5.41, 5.74) is 0. The normalized spacial score (nSPS) is 29.8. The average Bonchev–Trinajstić information content (AvgIpc) is 2.99. The molecular formula is C16H30N2O2S. The van der Waals surface area contributed by atoms with Crippen molar-refractivity contribution in [1.29, 1.82) is 0 Å². The first-order valence-electron chi connectivity index (χ1n) is 8.39. The summed E-state index contributed by atoms with van der Waals surface area (Å²) in [4.78, 5) is 14.1. The van der Waals surface area contributed by atoms with Crippen LogP contribution in [0.25, 0.3) is 0 Å². The van der Waals surface area contributed by atoms with E-state index in [1.807, 2.05) is 11.8 Å². The minimum absolute atomic E-state index is 0.111. The number of hydrogen-bond donors (Lipinski definition) is 2. The molecule has 0 radical (unpaired) electrons. The molecule has 1 aliphatic heterocycles. The van der Waals surface area contributed by atoms with Crippen LogP contribution in [-0.2, 0) is 4.79 Å². The Hall–Kier alpha value is -0.260. The lowest BCUT2D eigenvalue weighted by Gasteiger charge is -2.27. The lowest BCUT2D eigenvalue weighted by atomic mass is 9.83. The van der Waals surface area contributed by atoms with Crippen LogP contribution in [0.15, 0.2) is 0 Å². The molecule has 1 saturated heterocycles. The van der Waals surface area contributed by atoms with Gasteiger partial charge in [-0.15, -0.1) is 0 Å². The van der Waals surface area contributed by atoms with E-state index in [2.05, 4.69) is 17.3 Å². The Morgan fingerprint density at radius 1 is 1.33 bits per heavy atom. The van der Waals surface area contributed by atoms with Crippen molar-refractivity contribution < 1.29 is 9.90 Å². The maximum atomic E-state index is 11.9. The van der Waals surface area contributed by atoms with E-state index in [4.69, 9.17) is 0 Å². The zero-order valence-corrected chi connectivity index (χ0v) is 14.0. The summed E-state index contributed by atoms with van der Waals surface area (Å²) >= 11 is 1.98. The monoisotopic (exact) mass is 314 g/mol. The maximum absolute atomic E-state index is 11.9. The highest BCUT2D eigenvalue weighted by molar-refractivity contribution is 7.99. The summed E-state index contributed by atoms with van der Waals surface area (Å²) in [6.45, 7) is 1.26. The van der Waals surface area contributed by atoms with Crippen molar-refractivity contribution in [3.8, 4) is 0 Å². The van der Waals surface area contributed by atoms with Gasteiger partial charge in [-0.2, -0.15) is 11.8 Å². The van der Waals surface area contributed by atoms with Gasteiger partial charge >= 0.3 is 0 Å². The fourth-order valence-corrected chi connectivity index (χ4v) is 4.70. The summed E-state index contributed by atoms with van der Waals surface area (Å²) in [5, 5.41) is 12.9. The molecule has 2 aliphatic rings. The molecule has 0 aromatic rings. The first-order chi connectivity index (χ1) is 10.2. The molecular weight excluding hydrogens is 284 g/mol. The number of amides is 1. The largest absolute Gasteiger partial charge is 0.393 e. The molecule has 0 spiro atoms. The van der Waals surface area contributed by atoms with Crippen molar-refractivity contribution in [2.24, 2.45) is 5.92 Å². The minimum atomic E-state index is -0.111. The summed E-state index contributed by atoms with van der Waals surface area (Å²) < 4.78 is 0. The van der Waals surface area contributed by atoms with Crippen molar-refractivity contribution in [1.82, 2.24) is 10.2 Å². The Morgan fingerprint density at radius 2 is 2.14 bits per heavy atom. The molecule has 3 atom stereocenters. The maximum Gasteiger partial charge on any atom is 0.234 e. The number of nitrogens with one attached hydrogen (secondary N) is 1. The van der Waals surface area contributed by atoms with E-state index >= 15 is 0 Å². The van der Waals surface area contributed by atoms with Crippen LogP contribution in [0.3, 0.4) is 0 Å². The highest BCUT2D eigenvalue weighted by Crippen LogP contribution is 2.27. The average molecular weight is 314 g/mol. The van der Waals surface area contributed by atoms with Gasteiger partial charge in [0.1, 0.15) is 0 Å². The Labute approximate surface area is 133 Å². The van der Waals surface area contributed by atoms with Crippen molar-refractivity contribution in [2.45, 2.75) is 57.1 Å². The molecule has 1 saturated carbocycles. The second-order valence-electron chi connectivity index (χ2n) is 6.54. The molecule has 0 aromatic carbocycles. The van der Waals surface area contributed by atoms with Crippen molar-refractivity contribution in [2.75, 3.05) is 31.6 Å². The minimum Gasteiger partial charge on any atom is -0.393 e. The summed E-state index contributed by atoms with van der Waals surface area (Å²) in [6.07, 6.45) is 7.64. The third-order valence-corrected chi connectivity index (χ3v) is 6.01. The molecule has 122 valence electrons. The topological polar surface area (TPSA) is 52.6 Å². The standard InChI is InChI=1S/C16H30N2O2S/c1-18(14-8-10-21-12-14)11-16(20)17-9-4-6-13-5-2-3-7-15(13)19/h13-15,19H,2-12H2,1H3,(H,17,20). The number of rotatable bonds is 7. The Kier molecular flexibility index (Phi) is 7.34. The lowest BCUT2D eigenvalue weighted by Crippen LogP contribution is -2.41. The molecule has 0 bridgehead atoms. The van der Waals surface area contributed by atoms with E-state index in [0.717, 1.165) is 38.0 Å². The quantitative estimate of drug-likeness (QED) is 0.705. The van der Waals surface area contributed by atoms with Crippen LogP contribution >= 0.6 is 11.8 Å². The van der Waals surface area contributed by atoms with Gasteiger partial charge in [0.2, 0.25) is 5.91 Å². The molecule has 2 N–H and O–H groups in total. The van der Waals surface area contributed by atoms with Gasteiger partial charge in [-0.25, -0.2) is 0 Å². The van der Waals surface area contributed by atoms with E-state index in [0.29, 0.717) is 18.5 Å². The number of carbonyl (C=O) groups is 1. The predicted octanol–water partition coefficient (Wildman–Crippen LogP) is 1.87. The second kappa shape index (κ2) is 9.01. The van der Waals surface area contributed by atoms with Gasteiger partial charge in [-0.05, 0) is 50.8 Å². The zero-order valence-electron chi connectivity index (χ0n) is 13.2. The van der Waals surface area contributed by atoms with Gasteiger partial charge in [0.15, 0.2) is 0 Å². The van der Waals surface area contributed by atoms with Crippen molar-refractivity contribution in [3.05, 3.63) is 0 Å². The molecule has 1 amide bonds. The van der Waals surface area contributed by atoms with Gasteiger partial charge < -0.3 is 10.4 Å². The van der Waals surface area contributed by atoms with Gasteiger partial charge in [-0.3, -0.25) is 9.69 Å². The predicted molar refractivity (Wildman–Crippen MR) is 88.6 cm³/mol. The van der Waals surface area contributed by atoms with E-state index in [9.17, 15) is 9.90 Å². The van der Waals surface area contributed by atoms with Crippen LogP contribution in [0.5, 0.6) is 0 Å². The molecule has 1 aliphatic carbocycles. The molecule has 0 aromatic heterocycles. The molecule has 2 fully saturated rings. The molecule has 2 rings (SSSR count). The smallest absolute Gasteiger partial charge is 0.234 e. The number of nitrogens with zero attached hydrogens (tertiary/aromatic N) is 1. The van der Waals surface area contributed by atoms with Crippen LogP contribution in [-0.4, -0.2) is 59.7 Å². The van der Waals surface area contributed by atoms with E-state index < -0.39 is 0 Å². The number of aliphatic hydroxyl groups is 1. The van der Waals surface area contributed by atoms with Crippen LogP contribution in [0, 0.1) is 5.92 Å². The van der Waals surface area contributed by atoms with Crippen LogP contribution in [0.1, 0.15) is 44.9 Å². The number of likely N-dealkylation sites (N-methyl/N-ethyl adjacent to an activating group) is 1. The van der Waals surface area contributed by atoms with Gasteiger partial charge in [0.25, 0.3) is 0 Å². The number of aliphatic hydroxyl groups excluding tert-OH is 1. The van der Waals surface area contributed by atoms with Gasteiger partial charge in [0, 0.05) is 18.3 Å². The van der Waals surface area contributed by atoms with E-state index in [1.165, 1.54) is 25.0 Å². The summed E-state index contributed by atoms with van der Waals surface area (Å²) in [5.74, 6) is 2.97. The first-order valence-corrected chi connectivity index (χ1v) is 9.55. The summed E-state index contributed by atoms with van der Waals surface area (Å²) in [6, 6.07) is 0.568. The molecule has 21 heavy (non-hydrogen) atoms. The van der Waals surface area contributed by atoms with Gasteiger partial charge in [-0.1, -0.05) is 12.8 Å². The Bertz CT molecular complexity index is 321. The number of hydrogen-bond acceptors (Lipinski definition) is 4. The van der Waals surface area contributed by atoms with Crippen LogP contribution in [0.4, 0.5) is 0 Å². The fraction of sp³-hybridized carbons (Fsp3) is 0.938. The fourth-order valence-electron chi connectivity index (χ4n) is 3.40. The molecule has 5 heteroatoms. The number of carbonyl (C=O) groups excluding carboxylic acids is 1. The van der Waals surface area contributed by atoms with E-state index in [-0.39, 0.29) is 12.0 Å².